The Morgan fingerprint density at radius 3 is 2.26 bits per heavy atom. The largest absolute Gasteiger partial charge is 0.467 e. The van der Waals surface area contributed by atoms with Crippen LogP contribution >= 0.6 is 0 Å². The monoisotopic (exact) mass is 336 g/mol. The number of esters is 1. The zero-order valence-electron chi connectivity index (χ0n) is 14.9. The fourth-order valence-electron chi connectivity index (χ4n) is 1.75. The molecule has 2 atom stereocenters. The Bertz CT molecular complexity index is 532. The maximum Gasteiger partial charge on any atom is 0.337 e. The number of aliphatic hydroxyl groups excluding tert-OH is 1. The standard InChI is InChI=1S/C18H28O4Si/c1-18(2,3)23(5,6)22-15(16(19)17(20)21-4)13-12-14-10-8-7-9-11-14/h7-13,15-16,19H,1-6H3/b13-12+/t15-,16-/m0/s1. The van der Waals surface area contributed by atoms with E-state index < -0.39 is 26.5 Å². The highest BCUT2D eigenvalue weighted by Gasteiger charge is 2.41. The Labute approximate surface area is 140 Å². The van der Waals surface area contributed by atoms with Gasteiger partial charge in [0.25, 0.3) is 0 Å². The molecule has 0 aliphatic rings. The molecule has 5 heteroatoms. The van der Waals surface area contributed by atoms with E-state index in [1.807, 2.05) is 36.4 Å². The highest BCUT2D eigenvalue weighted by Crippen LogP contribution is 2.37. The minimum Gasteiger partial charge on any atom is -0.467 e. The second-order valence-electron chi connectivity index (χ2n) is 7.08. The first-order chi connectivity index (χ1) is 10.6. The number of rotatable bonds is 6. The number of ether oxygens (including phenoxy) is 1. The topological polar surface area (TPSA) is 55.8 Å². The van der Waals surface area contributed by atoms with Gasteiger partial charge in [0.2, 0.25) is 0 Å². The third-order valence-corrected chi connectivity index (χ3v) is 8.74. The highest BCUT2D eigenvalue weighted by molar-refractivity contribution is 6.74. The summed E-state index contributed by atoms with van der Waals surface area (Å²) < 4.78 is 10.9. The van der Waals surface area contributed by atoms with Crippen LogP contribution in [0.25, 0.3) is 6.08 Å². The molecule has 1 rings (SSSR count). The highest BCUT2D eigenvalue weighted by atomic mass is 28.4. The average molecular weight is 337 g/mol. The normalized spacial score (nSPS) is 15.4. The molecule has 23 heavy (non-hydrogen) atoms. The molecule has 0 fully saturated rings. The van der Waals surface area contributed by atoms with E-state index in [1.165, 1.54) is 7.11 Å². The van der Waals surface area contributed by atoms with Gasteiger partial charge in [-0.05, 0) is 23.7 Å². The minimum absolute atomic E-state index is 0.0261. The second kappa shape index (κ2) is 7.90. The van der Waals surface area contributed by atoms with Crippen molar-refractivity contribution in [2.75, 3.05) is 7.11 Å². The van der Waals surface area contributed by atoms with E-state index >= 15 is 0 Å². The molecule has 4 nitrogen and oxygen atoms in total. The Hall–Kier alpha value is -1.43. The van der Waals surface area contributed by atoms with Crippen LogP contribution < -0.4 is 0 Å². The molecule has 0 aliphatic carbocycles. The van der Waals surface area contributed by atoms with Crippen molar-refractivity contribution in [3.05, 3.63) is 42.0 Å². The van der Waals surface area contributed by atoms with Crippen LogP contribution in [0.2, 0.25) is 18.1 Å². The van der Waals surface area contributed by atoms with Gasteiger partial charge in [-0.2, -0.15) is 0 Å². The summed E-state index contributed by atoms with van der Waals surface area (Å²) in [5.41, 5.74) is 0.980. The van der Waals surface area contributed by atoms with E-state index in [9.17, 15) is 9.90 Å². The van der Waals surface area contributed by atoms with Gasteiger partial charge in [-0.15, -0.1) is 0 Å². The predicted octanol–water partition coefficient (Wildman–Crippen LogP) is 3.62. The molecule has 0 unspecified atom stereocenters. The Morgan fingerprint density at radius 2 is 1.78 bits per heavy atom. The molecule has 0 bridgehead atoms. The lowest BCUT2D eigenvalue weighted by Crippen LogP contribution is -2.48. The van der Waals surface area contributed by atoms with E-state index in [0.717, 1.165) is 5.56 Å². The van der Waals surface area contributed by atoms with Crippen molar-refractivity contribution in [2.24, 2.45) is 0 Å². The molecule has 0 aromatic heterocycles. The van der Waals surface area contributed by atoms with Crippen LogP contribution in [0.5, 0.6) is 0 Å². The number of benzene rings is 1. The van der Waals surface area contributed by atoms with Crippen LogP contribution in [0.3, 0.4) is 0 Å². The SMILES string of the molecule is COC(=O)[C@@H](O)[C@H](/C=C/c1ccccc1)O[Si](C)(C)C(C)(C)C. The lowest BCUT2D eigenvalue weighted by molar-refractivity contribution is -0.154. The summed E-state index contributed by atoms with van der Waals surface area (Å²) in [4.78, 5) is 11.7. The second-order valence-corrected chi connectivity index (χ2v) is 11.8. The van der Waals surface area contributed by atoms with Crippen molar-refractivity contribution >= 4 is 20.4 Å². The van der Waals surface area contributed by atoms with E-state index in [4.69, 9.17) is 4.43 Å². The summed E-state index contributed by atoms with van der Waals surface area (Å²) in [5, 5.41) is 10.2. The summed E-state index contributed by atoms with van der Waals surface area (Å²) in [6.45, 7) is 10.5. The summed E-state index contributed by atoms with van der Waals surface area (Å²) in [6.07, 6.45) is 1.51. The average Bonchev–Trinajstić information content (AvgIpc) is 2.49. The van der Waals surface area contributed by atoms with Crippen LogP contribution in [0.4, 0.5) is 0 Å². The summed E-state index contributed by atoms with van der Waals surface area (Å²) in [7, 11) is -0.887. The van der Waals surface area contributed by atoms with Crippen LogP contribution in [0.1, 0.15) is 26.3 Å². The Balaban J connectivity index is 3.03. The van der Waals surface area contributed by atoms with Crippen molar-refractivity contribution in [3.63, 3.8) is 0 Å². The van der Waals surface area contributed by atoms with Crippen molar-refractivity contribution in [3.8, 4) is 0 Å². The maximum atomic E-state index is 11.7. The summed E-state index contributed by atoms with van der Waals surface area (Å²) >= 11 is 0. The molecule has 0 aliphatic heterocycles. The van der Waals surface area contributed by atoms with Gasteiger partial charge in [-0.3, -0.25) is 0 Å². The molecular formula is C18H28O4Si. The van der Waals surface area contributed by atoms with E-state index in [0.29, 0.717) is 0 Å². The number of carbonyl (C=O) groups is 1. The van der Waals surface area contributed by atoms with E-state index in [2.05, 4.69) is 38.6 Å². The lowest BCUT2D eigenvalue weighted by Gasteiger charge is -2.39. The summed E-state index contributed by atoms with van der Waals surface area (Å²) in [5.74, 6) is -0.688. The van der Waals surface area contributed by atoms with Gasteiger partial charge in [0.05, 0.1) is 7.11 Å². The summed E-state index contributed by atoms with van der Waals surface area (Å²) in [6, 6.07) is 9.69. The first-order valence-corrected chi connectivity index (χ1v) is 10.7. The first-order valence-electron chi connectivity index (χ1n) is 7.75. The third-order valence-electron chi connectivity index (χ3n) is 4.27. The molecule has 1 aromatic rings. The van der Waals surface area contributed by atoms with Crippen LogP contribution in [0, 0.1) is 0 Å². The number of methoxy groups -OCH3 is 1. The zero-order valence-corrected chi connectivity index (χ0v) is 15.9. The molecule has 0 amide bonds. The van der Waals surface area contributed by atoms with Crippen molar-refractivity contribution in [1.29, 1.82) is 0 Å². The molecule has 0 saturated carbocycles. The third kappa shape index (κ3) is 5.60. The minimum atomic E-state index is -2.15. The molecule has 0 saturated heterocycles. The molecule has 1 aromatic carbocycles. The van der Waals surface area contributed by atoms with Crippen LogP contribution in [-0.4, -0.2) is 38.7 Å². The van der Waals surface area contributed by atoms with Crippen molar-refractivity contribution < 1.29 is 19.1 Å². The Kier molecular flexibility index (Phi) is 6.74. The van der Waals surface area contributed by atoms with Crippen LogP contribution in [-0.2, 0) is 14.0 Å². The quantitative estimate of drug-likeness (QED) is 0.637. The van der Waals surface area contributed by atoms with Gasteiger partial charge in [0.15, 0.2) is 14.4 Å². The van der Waals surface area contributed by atoms with Gasteiger partial charge < -0.3 is 14.3 Å². The molecule has 128 valence electrons. The first kappa shape index (κ1) is 19.6. The Morgan fingerprint density at radius 1 is 1.22 bits per heavy atom. The maximum absolute atomic E-state index is 11.7. The van der Waals surface area contributed by atoms with Crippen molar-refractivity contribution in [1.82, 2.24) is 0 Å². The predicted molar refractivity (Wildman–Crippen MR) is 95.6 cm³/mol. The fraction of sp³-hybridized carbons (Fsp3) is 0.500. The molecule has 0 spiro atoms. The fourth-order valence-corrected chi connectivity index (χ4v) is 2.99. The number of hydrogen-bond donors (Lipinski definition) is 1. The molecule has 0 radical (unpaired) electrons. The van der Waals surface area contributed by atoms with Gasteiger partial charge >= 0.3 is 5.97 Å². The number of aliphatic hydroxyl groups is 1. The zero-order chi connectivity index (χ0) is 17.7. The molecule has 0 heterocycles. The lowest BCUT2D eigenvalue weighted by atomic mass is 10.1. The van der Waals surface area contributed by atoms with Gasteiger partial charge in [0, 0.05) is 0 Å². The molecular weight excluding hydrogens is 308 g/mol. The van der Waals surface area contributed by atoms with E-state index in [-0.39, 0.29) is 5.04 Å². The van der Waals surface area contributed by atoms with Crippen LogP contribution in [0.15, 0.2) is 36.4 Å². The van der Waals surface area contributed by atoms with Gasteiger partial charge in [-0.1, -0.05) is 63.3 Å². The number of carbonyl (C=O) groups excluding carboxylic acids is 1. The van der Waals surface area contributed by atoms with Crippen molar-refractivity contribution in [2.45, 2.75) is 51.1 Å². The smallest absolute Gasteiger partial charge is 0.337 e. The molecule has 1 N–H and O–H groups in total. The van der Waals surface area contributed by atoms with Gasteiger partial charge in [-0.25, -0.2) is 4.79 Å². The number of hydrogen-bond acceptors (Lipinski definition) is 4. The van der Waals surface area contributed by atoms with E-state index in [1.54, 1.807) is 6.08 Å². The van der Waals surface area contributed by atoms with Gasteiger partial charge in [0.1, 0.15) is 6.10 Å².